The third-order valence-electron chi connectivity index (χ3n) is 2.82. The zero-order valence-electron chi connectivity index (χ0n) is 15.2. The average molecular weight is 537 g/mol. The van der Waals surface area contributed by atoms with Gasteiger partial charge in [0.2, 0.25) is 0 Å². The minimum Gasteiger partial charge on any atom is -1.00 e. The first-order chi connectivity index (χ1) is 12.2. The van der Waals surface area contributed by atoms with Crippen molar-refractivity contribution in [1.82, 2.24) is 0 Å². The fraction of sp³-hybridized carbons (Fsp3) is 0.500. The van der Waals surface area contributed by atoms with Gasteiger partial charge >= 0.3 is 26.2 Å². The summed E-state index contributed by atoms with van der Waals surface area (Å²) < 4.78 is 0. The fourth-order valence-electron chi connectivity index (χ4n) is 1.24. The van der Waals surface area contributed by atoms with Gasteiger partial charge in [-0.15, -0.1) is 6.42 Å². The Balaban J connectivity index is -0.0000000967. The fourth-order valence-corrected chi connectivity index (χ4v) is 1.24. The van der Waals surface area contributed by atoms with Crippen molar-refractivity contribution in [1.29, 1.82) is 0 Å². The summed E-state index contributed by atoms with van der Waals surface area (Å²) in [5, 5.41) is 51.2. The Labute approximate surface area is 199 Å². The Morgan fingerprint density at radius 2 is 1.03 bits per heavy atom. The van der Waals surface area contributed by atoms with E-state index in [1.165, 1.54) is 5.57 Å². The van der Waals surface area contributed by atoms with Crippen LogP contribution >= 0.6 is 0 Å². The predicted molar refractivity (Wildman–Crippen MR) is 86.5 cm³/mol. The Bertz CT molecular complexity index is 443. The molecule has 0 bridgehead atoms. The molecule has 0 heterocycles. The van der Waals surface area contributed by atoms with E-state index in [9.17, 15) is 19.2 Å². The molecule has 1 rings (SSSR count). The van der Waals surface area contributed by atoms with Gasteiger partial charge in [-0.2, -0.15) is 6.08 Å². The van der Waals surface area contributed by atoms with Crippen molar-refractivity contribution < 1.29 is 101 Å². The van der Waals surface area contributed by atoms with Crippen LogP contribution in [0, 0.1) is 6.08 Å². The summed E-state index contributed by atoms with van der Waals surface area (Å²) in [6, 6.07) is 0. The Kier molecular flexibility index (Phi) is 31.8. The van der Waals surface area contributed by atoms with Gasteiger partial charge < -0.3 is 74.6 Å². The minimum atomic E-state index is -1.73. The van der Waals surface area contributed by atoms with Crippen LogP contribution in [0.5, 0.6) is 0 Å². The third-order valence-corrected chi connectivity index (χ3v) is 2.82. The molecule has 0 spiro atoms. The Hall–Kier alpha value is -0.617. The van der Waals surface area contributed by atoms with Crippen LogP contribution in [0.15, 0.2) is 17.7 Å². The molecule has 0 aromatic carbocycles. The van der Waals surface area contributed by atoms with Gasteiger partial charge in [0, 0.05) is 0 Å². The molecule has 165 valence electrons. The van der Waals surface area contributed by atoms with Gasteiger partial charge in [-0.25, -0.2) is 11.6 Å². The zero-order chi connectivity index (χ0) is 20.7. The normalized spacial score (nSPS) is 17.0. The number of aliphatic hydroxyl groups excluding tert-OH is 6. The SMILES string of the molecule is CC1=[C-]CC=C1.O=CC(O)C(O)C(O)C=O.O=CC(O)C(O)C(O)C=O.[Cl-].[Cl-].[Zr+3]. The Morgan fingerprint density at radius 3 is 1.14 bits per heavy atom. The number of halogens is 2. The smallest absolute Gasteiger partial charge is 1.00 e. The van der Waals surface area contributed by atoms with E-state index in [0.717, 1.165) is 6.42 Å². The number of hydrogen-bond donors (Lipinski definition) is 6. The molecular formula is C16H23Cl2O10Zr. The van der Waals surface area contributed by atoms with E-state index >= 15 is 0 Å². The number of carbonyl (C=O) groups excluding carboxylic acids is 4. The summed E-state index contributed by atoms with van der Waals surface area (Å²) in [5.74, 6) is 0. The van der Waals surface area contributed by atoms with Gasteiger partial charge in [0.05, 0.1) is 0 Å². The topological polar surface area (TPSA) is 190 Å². The van der Waals surface area contributed by atoms with E-state index in [4.69, 9.17) is 30.6 Å². The third kappa shape index (κ3) is 19.1. The monoisotopic (exact) mass is 535 g/mol. The summed E-state index contributed by atoms with van der Waals surface area (Å²) in [4.78, 5) is 38.9. The molecule has 6 N–H and O–H groups in total. The molecule has 29 heavy (non-hydrogen) atoms. The van der Waals surface area contributed by atoms with E-state index < -0.39 is 36.6 Å². The van der Waals surface area contributed by atoms with Crippen molar-refractivity contribution in [3.63, 3.8) is 0 Å². The molecule has 0 aromatic rings. The molecule has 0 aromatic heterocycles. The second kappa shape index (κ2) is 23.7. The van der Waals surface area contributed by atoms with Crippen LogP contribution in [-0.4, -0.2) is 92.4 Å². The molecule has 10 nitrogen and oxygen atoms in total. The van der Waals surface area contributed by atoms with E-state index in [1.807, 2.05) is 0 Å². The predicted octanol–water partition coefficient (Wildman–Crippen LogP) is -9.36. The van der Waals surface area contributed by atoms with Crippen molar-refractivity contribution in [2.45, 2.75) is 50.0 Å². The molecule has 4 unspecified atom stereocenters. The van der Waals surface area contributed by atoms with Crippen molar-refractivity contribution in [3.8, 4) is 0 Å². The van der Waals surface area contributed by atoms with E-state index in [-0.39, 0.29) is 76.2 Å². The number of rotatable bonds is 8. The first-order valence-electron chi connectivity index (χ1n) is 7.29. The van der Waals surface area contributed by atoms with Crippen LogP contribution in [0.2, 0.25) is 0 Å². The number of hydrogen-bond acceptors (Lipinski definition) is 10. The van der Waals surface area contributed by atoms with E-state index in [0.29, 0.717) is 0 Å². The molecule has 0 fully saturated rings. The van der Waals surface area contributed by atoms with Gasteiger partial charge in [-0.1, -0.05) is 6.92 Å². The second-order valence-electron chi connectivity index (χ2n) is 4.95. The summed E-state index contributed by atoms with van der Waals surface area (Å²) >= 11 is 0. The van der Waals surface area contributed by atoms with Crippen molar-refractivity contribution in [2.75, 3.05) is 0 Å². The molecule has 0 aliphatic heterocycles. The first kappa shape index (κ1) is 38.9. The first-order valence-corrected chi connectivity index (χ1v) is 7.29. The molecule has 13 heteroatoms. The number of aliphatic hydroxyl groups is 6. The summed E-state index contributed by atoms with van der Waals surface area (Å²) in [6.45, 7) is 2.06. The van der Waals surface area contributed by atoms with Crippen LogP contribution in [-0.2, 0) is 45.4 Å². The van der Waals surface area contributed by atoms with Gasteiger partial charge in [0.15, 0.2) is 25.1 Å². The second-order valence-corrected chi connectivity index (χ2v) is 4.95. The molecule has 1 aliphatic rings. The van der Waals surface area contributed by atoms with Crippen molar-refractivity contribution >= 4 is 25.1 Å². The zero-order valence-corrected chi connectivity index (χ0v) is 19.2. The molecule has 4 atom stereocenters. The maximum absolute atomic E-state index is 9.73. The van der Waals surface area contributed by atoms with Crippen molar-refractivity contribution in [3.05, 3.63) is 23.8 Å². The van der Waals surface area contributed by atoms with Gasteiger partial charge in [0.1, 0.15) is 36.6 Å². The van der Waals surface area contributed by atoms with Crippen LogP contribution in [0.3, 0.4) is 0 Å². The minimum absolute atomic E-state index is 0. The van der Waals surface area contributed by atoms with E-state index in [2.05, 4.69) is 25.2 Å². The summed E-state index contributed by atoms with van der Waals surface area (Å²) in [7, 11) is 0. The molecule has 1 aliphatic carbocycles. The summed E-state index contributed by atoms with van der Waals surface area (Å²) in [5.41, 5.74) is 1.27. The van der Waals surface area contributed by atoms with Gasteiger partial charge in [-0.3, -0.25) is 6.08 Å². The van der Waals surface area contributed by atoms with Crippen LogP contribution < -0.4 is 24.8 Å². The summed E-state index contributed by atoms with van der Waals surface area (Å²) in [6.07, 6.45) is -1.80. The van der Waals surface area contributed by atoms with Crippen molar-refractivity contribution in [2.24, 2.45) is 0 Å². The maximum Gasteiger partial charge on any atom is 3.00 e. The number of allylic oxidation sites excluding steroid dienone is 4. The van der Waals surface area contributed by atoms with Gasteiger partial charge in [-0.05, 0) is 0 Å². The number of carbonyl (C=O) groups is 4. The maximum atomic E-state index is 9.73. The molecule has 1 radical (unpaired) electrons. The molecular weight excluding hydrogens is 514 g/mol. The van der Waals surface area contributed by atoms with Gasteiger partial charge in [0.25, 0.3) is 0 Å². The van der Waals surface area contributed by atoms with E-state index in [1.54, 1.807) is 0 Å². The average Bonchev–Trinajstić information content (AvgIpc) is 3.15. The van der Waals surface area contributed by atoms with Crippen LogP contribution in [0.25, 0.3) is 0 Å². The number of aldehydes is 4. The van der Waals surface area contributed by atoms with Crippen LogP contribution in [0.4, 0.5) is 0 Å². The quantitative estimate of drug-likeness (QED) is 0.128. The standard InChI is InChI=1S/C6H7.2C5H8O5.2ClH.Zr/c1-6-4-2-3-5-6;2*6-1-3(8)5(10)4(9)2-7;;;/h2,4H,3H2,1H3;2*1-5,8-10H;2*1H;/q-1;;;;;+3/p-2. The largest absolute Gasteiger partial charge is 3.00 e. The molecule has 0 saturated heterocycles. The van der Waals surface area contributed by atoms with Crippen LogP contribution in [0.1, 0.15) is 13.3 Å². The molecule has 0 saturated carbocycles. The molecule has 0 amide bonds. The Morgan fingerprint density at radius 1 is 0.759 bits per heavy atom.